The zero-order valence-corrected chi connectivity index (χ0v) is 9.58. The van der Waals surface area contributed by atoms with Crippen molar-refractivity contribution in [1.82, 2.24) is 20.5 Å². The van der Waals surface area contributed by atoms with E-state index >= 15 is 0 Å². The third-order valence-electron chi connectivity index (χ3n) is 2.87. The lowest BCUT2D eigenvalue weighted by atomic mass is 10.1. The van der Waals surface area contributed by atoms with Crippen molar-refractivity contribution in [3.63, 3.8) is 0 Å². The molecule has 2 rings (SSSR count). The molecule has 15 heavy (non-hydrogen) atoms. The largest absolute Gasteiger partial charge is 0.314 e. The fourth-order valence-corrected chi connectivity index (χ4v) is 1.87. The van der Waals surface area contributed by atoms with Crippen LogP contribution >= 0.6 is 0 Å². The Morgan fingerprint density at radius 3 is 2.93 bits per heavy atom. The van der Waals surface area contributed by atoms with Crippen molar-refractivity contribution in [3.05, 3.63) is 11.6 Å². The molecule has 1 heterocycles. The second-order valence-corrected chi connectivity index (χ2v) is 4.62. The van der Waals surface area contributed by atoms with Gasteiger partial charge >= 0.3 is 0 Å². The standard InChI is InChI=1S/C11H20N4/c1-8(7-10-3-4-10)12-6-5-11-13-9(2)14-15-11/h8,10,12H,3-7H2,1-2H3,(H,13,14,15). The monoisotopic (exact) mass is 208 g/mol. The van der Waals surface area contributed by atoms with E-state index in [-0.39, 0.29) is 0 Å². The summed E-state index contributed by atoms with van der Waals surface area (Å²) in [4.78, 5) is 4.27. The molecule has 0 aromatic carbocycles. The smallest absolute Gasteiger partial charge is 0.151 e. The van der Waals surface area contributed by atoms with Crippen molar-refractivity contribution in [3.8, 4) is 0 Å². The van der Waals surface area contributed by atoms with Crippen LogP contribution in [0, 0.1) is 12.8 Å². The van der Waals surface area contributed by atoms with Crippen LogP contribution in [0.4, 0.5) is 0 Å². The fraction of sp³-hybridized carbons (Fsp3) is 0.818. The third kappa shape index (κ3) is 3.63. The zero-order chi connectivity index (χ0) is 10.7. The first-order valence-electron chi connectivity index (χ1n) is 5.85. The van der Waals surface area contributed by atoms with Gasteiger partial charge < -0.3 is 5.32 Å². The maximum atomic E-state index is 4.27. The molecule has 0 saturated heterocycles. The van der Waals surface area contributed by atoms with E-state index in [1.165, 1.54) is 19.3 Å². The summed E-state index contributed by atoms with van der Waals surface area (Å²) >= 11 is 0. The van der Waals surface area contributed by atoms with Crippen molar-refractivity contribution >= 4 is 0 Å². The van der Waals surface area contributed by atoms with E-state index in [2.05, 4.69) is 27.4 Å². The summed E-state index contributed by atoms with van der Waals surface area (Å²) in [6.07, 6.45) is 5.12. The summed E-state index contributed by atoms with van der Waals surface area (Å²) in [5, 5.41) is 10.5. The highest BCUT2D eigenvalue weighted by Gasteiger charge is 2.23. The summed E-state index contributed by atoms with van der Waals surface area (Å²) in [5.74, 6) is 2.81. The number of hydrogen-bond donors (Lipinski definition) is 2. The van der Waals surface area contributed by atoms with Gasteiger partial charge in [0.25, 0.3) is 0 Å². The van der Waals surface area contributed by atoms with Crippen LogP contribution in [0.1, 0.15) is 37.8 Å². The highest BCUT2D eigenvalue weighted by atomic mass is 15.2. The average molecular weight is 208 g/mol. The van der Waals surface area contributed by atoms with Gasteiger partial charge in [0.1, 0.15) is 5.82 Å². The van der Waals surface area contributed by atoms with E-state index in [4.69, 9.17) is 0 Å². The van der Waals surface area contributed by atoms with Gasteiger partial charge in [0, 0.05) is 19.0 Å². The summed E-state index contributed by atoms with van der Waals surface area (Å²) in [6, 6.07) is 0.637. The van der Waals surface area contributed by atoms with E-state index in [0.717, 1.165) is 30.5 Å². The van der Waals surface area contributed by atoms with E-state index in [9.17, 15) is 0 Å². The molecular formula is C11H20N4. The molecule has 0 bridgehead atoms. The maximum Gasteiger partial charge on any atom is 0.151 e. The van der Waals surface area contributed by atoms with Gasteiger partial charge in [0.15, 0.2) is 5.82 Å². The Balaban J connectivity index is 1.61. The summed E-state index contributed by atoms with van der Waals surface area (Å²) in [6.45, 7) is 5.17. The number of aryl methyl sites for hydroxylation is 1. The number of hydrogen-bond acceptors (Lipinski definition) is 3. The molecule has 0 spiro atoms. The first-order valence-corrected chi connectivity index (χ1v) is 5.85. The molecule has 84 valence electrons. The molecule has 1 fully saturated rings. The molecule has 1 saturated carbocycles. The second kappa shape index (κ2) is 4.75. The zero-order valence-electron chi connectivity index (χ0n) is 9.58. The average Bonchev–Trinajstić information content (AvgIpc) is 2.89. The van der Waals surface area contributed by atoms with Crippen molar-refractivity contribution < 1.29 is 0 Å². The molecule has 0 radical (unpaired) electrons. The van der Waals surface area contributed by atoms with Crippen LogP contribution in [-0.4, -0.2) is 27.8 Å². The SMILES string of the molecule is Cc1nc(CCNC(C)CC2CC2)n[nH]1. The lowest BCUT2D eigenvalue weighted by molar-refractivity contribution is 0.488. The second-order valence-electron chi connectivity index (χ2n) is 4.62. The Kier molecular flexibility index (Phi) is 3.36. The number of aromatic nitrogens is 3. The molecule has 1 aromatic heterocycles. The Morgan fingerprint density at radius 1 is 1.53 bits per heavy atom. The van der Waals surface area contributed by atoms with Gasteiger partial charge in [0.2, 0.25) is 0 Å². The highest BCUT2D eigenvalue weighted by molar-refractivity contribution is 4.88. The molecule has 0 aliphatic heterocycles. The van der Waals surface area contributed by atoms with Gasteiger partial charge in [-0.3, -0.25) is 5.10 Å². The molecule has 1 unspecified atom stereocenters. The van der Waals surface area contributed by atoms with Gasteiger partial charge in [-0.15, -0.1) is 0 Å². The number of nitrogens with one attached hydrogen (secondary N) is 2. The van der Waals surface area contributed by atoms with Crippen LogP contribution in [0.5, 0.6) is 0 Å². The lowest BCUT2D eigenvalue weighted by Gasteiger charge is -2.11. The van der Waals surface area contributed by atoms with Gasteiger partial charge in [-0.2, -0.15) is 5.10 Å². The Bertz CT molecular complexity index is 303. The van der Waals surface area contributed by atoms with E-state index in [0.29, 0.717) is 6.04 Å². The lowest BCUT2D eigenvalue weighted by Crippen LogP contribution is -2.28. The molecular weight excluding hydrogens is 188 g/mol. The van der Waals surface area contributed by atoms with Crippen LogP contribution in [0.2, 0.25) is 0 Å². The maximum absolute atomic E-state index is 4.27. The minimum atomic E-state index is 0.637. The third-order valence-corrected chi connectivity index (χ3v) is 2.87. The molecule has 4 nitrogen and oxygen atoms in total. The first kappa shape index (κ1) is 10.6. The number of aromatic amines is 1. The van der Waals surface area contributed by atoms with Crippen LogP contribution < -0.4 is 5.32 Å². The Labute approximate surface area is 90.9 Å². The van der Waals surface area contributed by atoms with Gasteiger partial charge in [-0.05, 0) is 26.2 Å². The molecule has 4 heteroatoms. The minimum Gasteiger partial charge on any atom is -0.314 e. The van der Waals surface area contributed by atoms with Gasteiger partial charge in [0.05, 0.1) is 0 Å². The molecule has 1 aliphatic carbocycles. The van der Waals surface area contributed by atoms with Crippen molar-refractivity contribution in [2.45, 2.75) is 45.6 Å². The van der Waals surface area contributed by atoms with E-state index < -0.39 is 0 Å². The number of H-pyrrole nitrogens is 1. The summed E-state index contributed by atoms with van der Waals surface area (Å²) in [7, 11) is 0. The molecule has 2 N–H and O–H groups in total. The van der Waals surface area contributed by atoms with Crippen LogP contribution in [0.3, 0.4) is 0 Å². The highest BCUT2D eigenvalue weighted by Crippen LogP contribution is 2.33. The number of nitrogens with zero attached hydrogens (tertiary/aromatic N) is 2. The van der Waals surface area contributed by atoms with Gasteiger partial charge in [-0.25, -0.2) is 4.98 Å². The predicted octanol–water partition coefficient (Wildman–Crippen LogP) is 1.43. The molecule has 1 aromatic rings. The normalized spacial score (nSPS) is 18.0. The van der Waals surface area contributed by atoms with Crippen molar-refractivity contribution in [1.29, 1.82) is 0 Å². The molecule has 1 atom stereocenters. The Morgan fingerprint density at radius 2 is 2.33 bits per heavy atom. The van der Waals surface area contributed by atoms with E-state index in [1.54, 1.807) is 0 Å². The predicted molar refractivity (Wildman–Crippen MR) is 59.6 cm³/mol. The summed E-state index contributed by atoms with van der Waals surface area (Å²) in [5.41, 5.74) is 0. The Hall–Kier alpha value is -0.900. The topological polar surface area (TPSA) is 53.6 Å². The molecule has 1 aliphatic rings. The van der Waals surface area contributed by atoms with Gasteiger partial charge in [-0.1, -0.05) is 12.8 Å². The van der Waals surface area contributed by atoms with Crippen LogP contribution in [0.15, 0.2) is 0 Å². The van der Waals surface area contributed by atoms with E-state index in [1.807, 2.05) is 6.92 Å². The first-order chi connectivity index (χ1) is 7.24. The fourth-order valence-electron chi connectivity index (χ4n) is 1.87. The quantitative estimate of drug-likeness (QED) is 0.743. The summed E-state index contributed by atoms with van der Waals surface area (Å²) < 4.78 is 0. The van der Waals surface area contributed by atoms with Crippen molar-refractivity contribution in [2.24, 2.45) is 5.92 Å². The van der Waals surface area contributed by atoms with Crippen LogP contribution in [-0.2, 0) is 6.42 Å². The van der Waals surface area contributed by atoms with Crippen molar-refractivity contribution in [2.75, 3.05) is 6.54 Å². The minimum absolute atomic E-state index is 0.637. The number of rotatable bonds is 6. The van der Waals surface area contributed by atoms with Crippen LogP contribution in [0.25, 0.3) is 0 Å². The molecule has 0 amide bonds.